The van der Waals surface area contributed by atoms with Gasteiger partial charge in [-0.05, 0) is 19.3 Å². The Morgan fingerprint density at radius 1 is 1.17 bits per heavy atom. The third-order valence-electron chi connectivity index (χ3n) is 6.15. The second-order valence-corrected chi connectivity index (χ2v) is 8.22. The van der Waals surface area contributed by atoms with Crippen molar-refractivity contribution in [2.45, 2.75) is 38.7 Å². The maximum Gasteiger partial charge on any atom is 0.231 e. The number of aliphatic hydroxyl groups is 1. The predicted molar refractivity (Wildman–Crippen MR) is 107 cm³/mol. The molecule has 0 bridgehead atoms. The SMILES string of the molecule is CC(=O)N1CC[C@](Cc2cc(-c3ccccc3)no2)(C(=O)N2CCC(O)CC2)C1. The van der Waals surface area contributed by atoms with E-state index in [1.807, 2.05) is 41.3 Å². The Hall–Kier alpha value is -2.67. The van der Waals surface area contributed by atoms with E-state index in [2.05, 4.69) is 5.16 Å². The number of piperidine rings is 1. The molecule has 1 atom stereocenters. The number of nitrogens with zero attached hydrogens (tertiary/aromatic N) is 3. The molecular formula is C22H27N3O4. The van der Waals surface area contributed by atoms with Crippen molar-refractivity contribution >= 4 is 11.8 Å². The second kappa shape index (κ2) is 7.99. The van der Waals surface area contributed by atoms with Crippen molar-refractivity contribution in [1.29, 1.82) is 0 Å². The van der Waals surface area contributed by atoms with Crippen LogP contribution < -0.4 is 0 Å². The van der Waals surface area contributed by atoms with Crippen molar-refractivity contribution in [3.8, 4) is 11.3 Å². The van der Waals surface area contributed by atoms with Crippen molar-refractivity contribution in [1.82, 2.24) is 15.0 Å². The third kappa shape index (κ3) is 4.05. The zero-order valence-electron chi connectivity index (χ0n) is 16.7. The summed E-state index contributed by atoms with van der Waals surface area (Å²) in [4.78, 5) is 29.1. The summed E-state index contributed by atoms with van der Waals surface area (Å²) < 4.78 is 5.59. The highest BCUT2D eigenvalue weighted by Crippen LogP contribution is 2.38. The van der Waals surface area contributed by atoms with Gasteiger partial charge in [0, 0.05) is 51.2 Å². The minimum Gasteiger partial charge on any atom is -0.393 e. The second-order valence-electron chi connectivity index (χ2n) is 8.22. The molecule has 2 aliphatic heterocycles. The molecule has 0 radical (unpaired) electrons. The first kappa shape index (κ1) is 19.6. The molecular weight excluding hydrogens is 370 g/mol. The fraction of sp³-hybridized carbons (Fsp3) is 0.500. The maximum absolute atomic E-state index is 13.5. The van der Waals surface area contributed by atoms with E-state index in [-0.39, 0.29) is 17.9 Å². The summed E-state index contributed by atoms with van der Waals surface area (Å²) in [6, 6.07) is 11.7. The molecule has 7 nitrogen and oxygen atoms in total. The number of aromatic nitrogens is 1. The van der Waals surface area contributed by atoms with Gasteiger partial charge >= 0.3 is 0 Å². The Morgan fingerprint density at radius 3 is 2.55 bits per heavy atom. The van der Waals surface area contributed by atoms with Gasteiger partial charge in [-0.1, -0.05) is 35.5 Å². The topological polar surface area (TPSA) is 86.9 Å². The average molecular weight is 397 g/mol. The summed E-state index contributed by atoms with van der Waals surface area (Å²) in [7, 11) is 0. The molecule has 7 heteroatoms. The van der Waals surface area contributed by atoms with Crippen LogP contribution in [-0.2, 0) is 16.0 Å². The number of rotatable bonds is 4. The molecule has 0 unspecified atom stereocenters. The van der Waals surface area contributed by atoms with Gasteiger partial charge in [-0.15, -0.1) is 0 Å². The minimum atomic E-state index is -0.707. The fourth-order valence-electron chi connectivity index (χ4n) is 4.41. The van der Waals surface area contributed by atoms with Crippen LogP contribution in [0.15, 0.2) is 40.9 Å². The largest absolute Gasteiger partial charge is 0.393 e. The molecule has 3 heterocycles. The van der Waals surface area contributed by atoms with Crippen LogP contribution in [0.4, 0.5) is 0 Å². The van der Waals surface area contributed by atoms with Crippen LogP contribution in [0, 0.1) is 5.41 Å². The molecule has 1 aromatic carbocycles. The van der Waals surface area contributed by atoms with Crippen molar-refractivity contribution in [2.24, 2.45) is 5.41 Å². The zero-order valence-corrected chi connectivity index (χ0v) is 16.7. The lowest BCUT2D eigenvalue weighted by Crippen LogP contribution is -2.50. The van der Waals surface area contributed by atoms with E-state index >= 15 is 0 Å². The summed E-state index contributed by atoms with van der Waals surface area (Å²) in [6.07, 6.45) is 1.87. The van der Waals surface area contributed by atoms with Crippen molar-refractivity contribution < 1.29 is 19.2 Å². The molecule has 2 aromatic rings. The van der Waals surface area contributed by atoms with Gasteiger partial charge in [-0.2, -0.15) is 0 Å². The molecule has 2 amide bonds. The van der Waals surface area contributed by atoms with Gasteiger partial charge < -0.3 is 19.4 Å². The van der Waals surface area contributed by atoms with Crippen LogP contribution in [0.5, 0.6) is 0 Å². The van der Waals surface area contributed by atoms with E-state index in [0.717, 1.165) is 11.3 Å². The Morgan fingerprint density at radius 2 is 1.90 bits per heavy atom. The number of aliphatic hydroxyl groups excluding tert-OH is 1. The molecule has 0 saturated carbocycles. The molecule has 1 aromatic heterocycles. The average Bonchev–Trinajstić information content (AvgIpc) is 3.37. The van der Waals surface area contributed by atoms with Gasteiger partial charge in [-0.25, -0.2) is 0 Å². The van der Waals surface area contributed by atoms with E-state index < -0.39 is 5.41 Å². The van der Waals surface area contributed by atoms with E-state index in [0.29, 0.717) is 57.6 Å². The molecule has 2 aliphatic rings. The van der Waals surface area contributed by atoms with Crippen molar-refractivity contribution in [3.63, 3.8) is 0 Å². The number of carbonyl (C=O) groups is 2. The summed E-state index contributed by atoms with van der Waals surface area (Å²) in [5.41, 5.74) is 0.997. The lowest BCUT2D eigenvalue weighted by molar-refractivity contribution is -0.144. The zero-order chi connectivity index (χ0) is 20.4. The van der Waals surface area contributed by atoms with Crippen LogP contribution >= 0.6 is 0 Å². The number of likely N-dealkylation sites (tertiary alicyclic amines) is 2. The smallest absolute Gasteiger partial charge is 0.231 e. The highest BCUT2D eigenvalue weighted by Gasteiger charge is 2.48. The van der Waals surface area contributed by atoms with Gasteiger partial charge in [-0.3, -0.25) is 9.59 Å². The molecule has 4 rings (SSSR count). The van der Waals surface area contributed by atoms with Crippen LogP contribution in [0.25, 0.3) is 11.3 Å². The monoisotopic (exact) mass is 397 g/mol. The van der Waals surface area contributed by atoms with Crippen LogP contribution in [-0.4, -0.2) is 64.2 Å². The number of hydrogen-bond donors (Lipinski definition) is 1. The Labute approximate surface area is 170 Å². The molecule has 154 valence electrons. The molecule has 2 saturated heterocycles. The van der Waals surface area contributed by atoms with E-state index in [4.69, 9.17) is 4.52 Å². The van der Waals surface area contributed by atoms with Gasteiger partial charge in [0.05, 0.1) is 11.5 Å². The van der Waals surface area contributed by atoms with Crippen molar-refractivity contribution in [2.75, 3.05) is 26.2 Å². The molecule has 0 aliphatic carbocycles. The minimum absolute atomic E-state index is 0.0173. The van der Waals surface area contributed by atoms with Crippen LogP contribution in [0.3, 0.4) is 0 Å². The van der Waals surface area contributed by atoms with Gasteiger partial charge in [0.2, 0.25) is 11.8 Å². The Bertz CT molecular complexity index is 873. The summed E-state index contributed by atoms with van der Waals surface area (Å²) >= 11 is 0. The van der Waals surface area contributed by atoms with E-state index in [9.17, 15) is 14.7 Å². The van der Waals surface area contributed by atoms with Gasteiger partial charge in [0.25, 0.3) is 0 Å². The van der Waals surface area contributed by atoms with Gasteiger partial charge in [0.1, 0.15) is 11.5 Å². The van der Waals surface area contributed by atoms with E-state index in [1.165, 1.54) is 0 Å². The Balaban J connectivity index is 1.57. The summed E-state index contributed by atoms with van der Waals surface area (Å²) in [5.74, 6) is 0.682. The highest BCUT2D eigenvalue weighted by molar-refractivity contribution is 5.85. The number of amides is 2. The van der Waals surface area contributed by atoms with Crippen LogP contribution in [0.1, 0.15) is 31.9 Å². The first-order valence-electron chi connectivity index (χ1n) is 10.2. The summed E-state index contributed by atoms with van der Waals surface area (Å²) in [6.45, 7) is 3.60. The molecule has 29 heavy (non-hydrogen) atoms. The first-order valence-corrected chi connectivity index (χ1v) is 10.2. The lowest BCUT2D eigenvalue weighted by atomic mass is 9.80. The lowest BCUT2D eigenvalue weighted by Gasteiger charge is -2.37. The summed E-state index contributed by atoms with van der Waals surface area (Å²) in [5, 5.41) is 14.0. The predicted octanol–water partition coefficient (Wildman–Crippen LogP) is 2.11. The quantitative estimate of drug-likeness (QED) is 0.854. The van der Waals surface area contributed by atoms with Crippen molar-refractivity contribution in [3.05, 3.63) is 42.2 Å². The van der Waals surface area contributed by atoms with Crippen LogP contribution in [0.2, 0.25) is 0 Å². The number of hydrogen-bond acceptors (Lipinski definition) is 5. The molecule has 1 N–H and O–H groups in total. The maximum atomic E-state index is 13.5. The first-order chi connectivity index (χ1) is 14.0. The molecule has 2 fully saturated rings. The highest BCUT2D eigenvalue weighted by atomic mass is 16.5. The number of carbonyl (C=O) groups excluding carboxylic acids is 2. The molecule has 0 spiro atoms. The number of benzene rings is 1. The Kier molecular flexibility index (Phi) is 5.41. The third-order valence-corrected chi connectivity index (χ3v) is 6.15. The van der Waals surface area contributed by atoms with E-state index in [1.54, 1.807) is 11.8 Å². The normalized spacial score (nSPS) is 22.8. The standard InChI is InChI=1S/C22H27N3O4/c1-16(26)25-12-9-22(15-25,21(28)24-10-7-18(27)8-11-24)14-19-13-20(23-29-19)17-5-3-2-4-6-17/h2-6,13,18,27H,7-12,14-15H2,1H3/t22-/m1/s1. The fourth-order valence-corrected chi connectivity index (χ4v) is 4.41. The van der Waals surface area contributed by atoms with Gasteiger partial charge in [0.15, 0.2) is 0 Å².